The van der Waals surface area contributed by atoms with Gasteiger partial charge in [-0.05, 0) is 7.05 Å². The molecule has 0 spiro atoms. The monoisotopic (exact) mass is 215 g/mol. The lowest BCUT2D eigenvalue weighted by molar-refractivity contribution is -0.139. The summed E-state index contributed by atoms with van der Waals surface area (Å²) in [6, 6.07) is 0. The highest BCUT2D eigenvalue weighted by molar-refractivity contribution is 5.78. The van der Waals surface area contributed by atoms with E-state index in [9.17, 15) is 9.59 Å². The normalized spacial score (nSPS) is 17.8. The smallest absolute Gasteiger partial charge is 0.317 e. The Morgan fingerprint density at radius 3 is 2.33 bits per heavy atom. The Kier molecular flexibility index (Phi) is 4.51. The minimum absolute atomic E-state index is 0.0635. The van der Waals surface area contributed by atoms with E-state index in [1.54, 1.807) is 11.9 Å². The fourth-order valence-corrected chi connectivity index (χ4v) is 1.61. The van der Waals surface area contributed by atoms with E-state index in [2.05, 4.69) is 5.32 Å². The van der Waals surface area contributed by atoms with Crippen LogP contribution in [0.5, 0.6) is 0 Å². The first-order chi connectivity index (χ1) is 7.13. The van der Waals surface area contributed by atoms with Gasteiger partial charge in [0.15, 0.2) is 0 Å². The van der Waals surface area contributed by atoms with Crippen LogP contribution in [0.15, 0.2) is 0 Å². The van der Waals surface area contributed by atoms with Gasteiger partial charge >= 0.3 is 5.97 Å². The summed E-state index contributed by atoms with van der Waals surface area (Å²) in [6.45, 7) is 2.93. The molecule has 0 atom stereocenters. The van der Waals surface area contributed by atoms with E-state index in [-0.39, 0.29) is 12.5 Å². The number of amides is 1. The first-order valence-corrected chi connectivity index (χ1v) is 5.00. The zero-order valence-electron chi connectivity index (χ0n) is 8.90. The molecule has 1 aliphatic rings. The number of piperazine rings is 1. The summed E-state index contributed by atoms with van der Waals surface area (Å²) in [5.41, 5.74) is 0. The van der Waals surface area contributed by atoms with Gasteiger partial charge in [0.1, 0.15) is 0 Å². The minimum Gasteiger partial charge on any atom is -0.480 e. The Morgan fingerprint density at radius 1 is 1.27 bits per heavy atom. The summed E-state index contributed by atoms with van der Waals surface area (Å²) >= 11 is 0. The van der Waals surface area contributed by atoms with Gasteiger partial charge in [-0.2, -0.15) is 0 Å². The lowest BCUT2D eigenvalue weighted by Crippen LogP contribution is -2.51. The zero-order valence-corrected chi connectivity index (χ0v) is 8.90. The number of hydrogen-bond donors (Lipinski definition) is 2. The van der Waals surface area contributed by atoms with E-state index in [0.717, 1.165) is 0 Å². The molecule has 0 aliphatic carbocycles. The summed E-state index contributed by atoms with van der Waals surface area (Å²) in [6.07, 6.45) is 0. The third kappa shape index (κ3) is 3.85. The fraction of sp³-hybridized carbons (Fsp3) is 0.778. The number of nitrogens with one attached hydrogen (secondary N) is 1. The number of carboxylic acid groups (broad SMARTS) is 1. The predicted molar refractivity (Wildman–Crippen MR) is 54.6 cm³/mol. The number of carbonyl (C=O) groups excluding carboxylic acids is 1. The second-order valence-corrected chi connectivity index (χ2v) is 3.58. The van der Waals surface area contributed by atoms with Gasteiger partial charge in [-0.25, -0.2) is 0 Å². The molecule has 6 nitrogen and oxygen atoms in total. The molecule has 1 aliphatic heterocycles. The maximum Gasteiger partial charge on any atom is 0.317 e. The SMILES string of the molecule is CNCC(=O)N1CCN(CC(=O)O)CC1. The van der Waals surface area contributed by atoms with Crippen molar-refractivity contribution in [2.45, 2.75) is 0 Å². The van der Waals surface area contributed by atoms with Crippen molar-refractivity contribution in [3.05, 3.63) is 0 Å². The van der Waals surface area contributed by atoms with Crippen molar-refractivity contribution >= 4 is 11.9 Å². The van der Waals surface area contributed by atoms with Crippen molar-refractivity contribution in [3.63, 3.8) is 0 Å². The first kappa shape index (κ1) is 11.9. The van der Waals surface area contributed by atoms with Crippen molar-refractivity contribution in [2.24, 2.45) is 0 Å². The molecule has 1 amide bonds. The van der Waals surface area contributed by atoms with Crippen LogP contribution in [-0.4, -0.2) is 73.1 Å². The summed E-state index contributed by atoms with van der Waals surface area (Å²) in [7, 11) is 1.73. The maximum absolute atomic E-state index is 11.5. The average molecular weight is 215 g/mol. The molecule has 0 radical (unpaired) electrons. The van der Waals surface area contributed by atoms with E-state index in [4.69, 9.17) is 5.11 Å². The Bertz CT molecular complexity index is 237. The van der Waals surface area contributed by atoms with Gasteiger partial charge in [0.2, 0.25) is 5.91 Å². The van der Waals surface area contributed by atoms with Crippen LogP contribution in [0.1, 0.15) is 0 Å². The molecule has 86 valence electrons. The van der Waals surface area contributed by atoms with E-state index >= 15 is 0 Å². The fourth-order valence-electron chi connectivity index (χ4n) is 1.61. The third-order valence-electron chi connectivity index (χ3n) is 2.41. The van der Waals surface area contributed by atoms with E-state index in [0.29, 0.717) is 32.7 Å². The standard InChI is InChI=1S/C9H17N3O3/c1-10-6-8(13)12-4-2-11(3-5-12)7-9(14)15/h10H,2-7H2,1H3,(H,14,15). The van der Waals surface area contributed by atoms with Gasteiger partial charge in [-0.3, -0.25) is 14.5 Å². The largest absolute Gasteiger partial charge is 0.480 e. The summed E-state index contributed by atoms with van der Waals surface area (Å²) in [5, 5.41) is 11.4. The molecule has 0 unspecified atom stereocenters. The second-order valence-electron chi connectivity index (χ2n) is 3.58. The lowest BCUT2D eigenvalue weighted by Gasteiger charge is -2.33. The summed E-state index contributed by atoms with van der Waals surface area (Å²) in [5.74, 6) is -0.738. The Morgan fingerprint density at radius 2 is 1.87 bits per heavy atom. The van der Waals surface area contributed by atoms with Gasteiger partial charge in [-0.15, -0.1) is 0 Å². The molecule has 6 heteroatoms. The third-order valence-corrected chi connectivity index (χ3v) is 2.41. The maximum atomic E-state index is 11.5. The van der Waals surface area contributed by atoms with E-state index in [1.165, 1.54) is 0 Å². The molecule has 1 saturated heterocycles. The predicted octanol–water partition coefficient (Wildman–Crippen LogP) is -1.57. The molecule has 15 heavy (non-hydrogen) atoms. The van der Waals surface area contributed by atoms with Gasteiger partial charge in [0, 0.05) is 26.2 Å². The number of hydrogen-bond acceptors (Lipinski definition) is 4. The molecule has 0 aromatic rings. The lowest BCUT2D eigenvalue weighted by atomic mass is 10.3. The zero-order chi connectivity index (χ0) is 11.3. The van der Waals surface area contributed by atoms with Crippen LogP contribution in [-0.2, 0) is 9.59 Å². The minimum atomic E-state index is -0.815. The number of rotatable bonds is 4. The van der Waals surface area contributed by atoms with Crippen LogP contribution < -0.4 is 5.32 Å². The highest BCUT2D eigenvalue weighted by atomic mass is 16.4. The molecule has 0 aromatic heterocycles. The summed E-state index contributed by atoms with van der Waals surface area (Å²) < 4.78 is 0. The number of aliphatic carboxylic acids is 1. The molecule has 0 bridgehead atoms. The van der Waals surface area contributed by atoms with Gasteiger partial charge in [0.05, 0.1) is 13.1 Å². The van der Waals surface area contributed by atoms with Gasteiger partial charge in [-0.1, -0.05) is 0 Å². The first-order valence-electron chi connectivity index (χ1n) is 5.00. The van der Waals surface area contributed by atoms with E-state index in [1.807, 2.05) is 4.90 Å². The molecular weight excluding hydrogens is 198 g/mol. The Balaban J connectivity index is 2.29. The van der Waals surface area contributed by atoms with Crippen LogP contribution in [0.4, 0.5) is 0 Å². The number of carbonyl (C=O) groups is 2. The van der Waals surface area contributed by atoms with E-state index < -0.39 is 5.97 Å². The van der Waals surface area contributed by atoms with Crippen molar-refractivity contribution < 1.29 is 14.7 Å². The molecule has 0 aromatic carbocycles. The Hall–Kier alpha value is -1.14. The van der Waals surface area contributed by atoms with Crippen molar-refractivity contribution in [1.29, 1.82) is 0 Å². The van der Waals surface area contributed by atoms with Crippen LogP contribution >= 0.6 is 0 Å². The van der Waals surface area contributed by atoms with Gasteiger partial charge in [0.25, 0.3) is 0 Å². The van der Waals surface area contributed by atoms with Crippen LogP contribution in [0.25, 0.3) is 0 Å². The highest BCUT2D eigenvalue weighted by Gasteiger charge is 2.21. The summed E-state index contributed by atoms with van der Waals surface area (Å²) in [4.78, 5) is 25.5. The molecule has 2 N–H and O–H groups in total. The molecule has 1 heterocycles. The second kappa shape index (κ2) is 5.67. The average Bonchev–Trinajstić information content (AvgIpc) is 2.18. The number of likely N-dealkylation sites (N-methyl/N-ethyl adjacent to an activating group) is 1. The molecule has 1 rings (SSSR count). The van der Waals surface area contributed by atoms with Gasteiger partial charge < -0.3 is 15.3 Å². The topological polar surface area (TPSA) is 72.9 Å². The van der Waals surface area contributed by atoms with Crippen molar-refractivity contribution in [1.82, 2.24) is 15.1 Å². The van der Waals surface area contributed by atoms with Crippen LogP contribution in [0.3, 0.4) is 0 Å². The van der Waals surface area contributed by atoms with Crippen LogP contribution in [0.2, 0.25) is 0 Å². The number of nitrogens with zero attached hydrogens (tertiary/aromatic N) is 2. The van der Waals surface area contributed by atoms with Crippen molar-refractivity contribution in [2.75, 3.05) is 46.3 Å². The molecular formula is C9H17N3O3. The Labute approximate surface area is 88.8 Å². The molecule has 0 saturated carbocycles. The molecule has 1 fully saturated rings. The van der Waals surface area contributed by atoms with Crippen LogP contribution in [0, 0.1) is 0 Å². The number of carboxylic acids is 1. The van der Waals surface area contributed by atoms with Crippen molar-refractivity contribution in [3.8, 4) is 0 Å². The highest BCUT2D eigenvalue weighted by Crippen LogP contribution is 2.01. The quantitative estimate of drug-likeness (QED) is 0.593.